The molecule has 8 nitrogen and oxygen atoms in total. The van der Waals surface area contributed by atoms with Gasteiger partial charge in [-0.3, -0.25) is 13.9 Å². The number of sulfonamides is 1. The van der Waals surface area contributed by atoms with E-state index in [2.05, 4.69) is 5.32 Å². The Kier molecular flexibility index (Phi) is 10.5. The second-order valence-corrected chi connectivity index (χ2v) is 11.4. The predicted molar refractivity (Wildman–Crippen MR) is 144 cm³/mol. The third-order valence-electron chi connectivity index (χ3n) is 5.84. The predicted octanol–water partition coefficient (Wildman–Crippen LogP) is 4.41. The van der Waals surface area contributed by atoms with Gasteiger partial charge in [0.25, 0.3) is 0 Å². The van der Waals surface area contributed by atoms with Crippen LogP contribution in [0.3, 0.4) is 0 Å². The molecule has 2 aromatic rings. The van der Waals surface area contributed by atoms with Crippen molar-refractivity contribution >= 4 is 50.7 Å². The van der Waals surface area contributed by atoms with Gasteiger partial charge in [-0.1, -0.05) is 42.3 Å². The molecule has 198 valence electrons. The zero-order valence-corrected chi connectivity index (χ0v) is 23.7. The molecular formula is C25H33Cl2N3O5S. The zero-order valence-electron chi connectivity index (χ0n) is 21.3. The summed E-state index contributed by atoms with van der Waals surface area (Å²) in [6.45, 7) is 6.53. The summed E-state index contributed by atoms with van der Waals surface area (Å²) in [7, 11) is -2.48. The molecule has 0 unspecified atom stereocenters. The molecule has 0 fully saturated rings. The minimum Gasteiger partial charge on any atom is -0.495 e. The Morgan fingerprint density at radius 3 is 2.25 bits per heavy atom. The highest BCUT2D eigenvalue weighted by Gasteiger charge is 2.32. The van der Waals surface area contributed by atoms with Gasteiger partial charge in [0.05, 0.1) is 19.1 Å². The highest BCUT2D eigenvalue weighted by atomic mass is 35.5. The van der Waals surface area contributed by atoms with Gasteiger partial charge < -0.3 is 15.0 Å². The van der Waals surface area contributed by atoms with E-state index in [0.717, 1.165) is 16.1 Å². The van der Waals surface area contributed by atoms with E-state index in [9.17, 15) is 18.0 Å². The highest BCUT2D eigenvalue weighted by molar-refractivity contribution is 7.92. The van der Waals surface area contributed by atoms with Crippen molar-refractivity contribution in [2.75, 3.05) is 24.2 Å². The quantitative estimate of drug-likeness (QED) is 0.441. The summed E-state index contributed by atoms with van der Waals surface area (Å²) in [5.41, 5.74) is 1.46. The number of hydrogen-bond donors (Lipinski definition) is 1. The van der Waals surface area contributed by atoms with E-state index < -0.39 is 28.5 Å². The highest BCUT2D eigenvalue weighted by Crippen LogP contribution is 2.32. The molecule has 2 rings (SSSR count). The van der Waals surface area contributed by atoms with Crippen molar-refractivity contribution in [1.82, 2.24) is 10.2 Å². The van der Waals surface area contributed by atoms with E-state index in [-0.39, 0.29) is 24.2 Å². The lowest BCUT2D eigenvalue weighted by molar-refractivity contribution is -0.139. The summed E-state index contributed by atoms with van der Waals surface area (Å²) in [6.07, 6.45) is 1.72. The van der Waals surface area contributed by atoms with Crippen LogP contribution in [0.1, 0.15) is 38.3 Å². The Balaban J connectivity index is 2.52. The number of aryl methyl sites for hydroxylation is 1. The maximum atomic E-state index is 13.7. The molecular weight excluding hydrogens is 525 g/mol. The molecule has 0 aliphatic carbocycles. The van der Waals surface area contributed by atoms with Gasteiger partial charge in [0.2, 0.25) is 21.8 Å². The Morgan fingerprint density at radius 2 is 1.72 bits per heavy atom. The SMILES string of the molecule is CC[C@H](C)NC(=O)[C@H](C)N(Cc1c(Cl)cccc1Cl)C(=O)CN(c1cc(C)ccc1OC)S(C)(=O)=O. The van der Waals surface area contributed by atoms with Crippen LogP contribution in [0.5, 0.6) is 5.75 Å². The maximum Gasteiger partial charge on any atom is 0.244 e. The second kappa shape index (κ2) is 12.7. The Bertz CT molecular complexity index is 1190. The van der Waals surface area contributed by atoms with Crippen molar-refractivity contribution < 1.29 is 22.7 Å². The van der Waals surface area contributed by atoms with Gasteiger partial charge in [-0.05, 0) is 57.0 Å². The molecule has 36 heavy (non-hydrogen) atoms. The molecule has 0 heterocycles. The fourth-order valence-electron chi connectivity index (χ4n) is 3.49. The topological polar surface area (TPSA) is 96.0 Å². The first-order valence-electron chi connectivity index (χ1n) is 11.4. The number of anilines is 1. The number of carbonyl (C=O) groups is 2. The first-order chi connectivity index (χ1) is 16.8. The number of nitrogens with one attached hydrogen (secondary N) is 1. The van der Waals surface area contributed by atoms with Crippen LogP contribution >= 0.6 is 23.2 Å². The molecule has 0 spiro atoms. The van der Waals surface area contributed by atoms with E-state index in [1.54, 1.807) is 50.2 Å². The molecule has 2 aromatic carbocycles. The van der Waals surface area contributed by atoms with Gasteiger partial charge in [-0.2, -0.15) is 0 Å². The molecule has 0 aliphatic heterocycles. The van der Waals surface area contributed by atoms with Crippen molar-refractivity contribution in [1.29, 1.82) is 0 Å². The van der Waals surface area contributed by atoms with Gasteiger partial charge >= 0.3 is 0 Å². The van der Waals surface area contributed by atoms with Crippen LogP contribution < -0.4 is 14.4 Å². The number of amides is 2. The molecule has 1 N–H and O–H groups in total. The van der Waals surface area contributed by atoms with Crippen LogP contribution in [-0.2, 0) is 26.2 Å². The van der Waals surface area contributed by atoms with E-state index in [0.29, 0.717) is 27.8 Å². The lowest BCUT2D eigenvalue weighted by Crippen LogP contribution is -2.52. The molecule has 0 aliphatic rings. The van der Waals surface area contributed by atoms with Crippen molar-refractivity contribution in [2.45, 2.75) is 52.7 Å². The molecule has 0 radical (unpaired) electrons. The molecule has 2 amide bonds. The third kappa shape index (κ3) is 7.51. The Morgan fingerprint density at radius 1 is 1.11 bits per heavy atom. The lowest BCUT2D eigenvalue weighted by atomic mass is 10.1. The van der Waals surface area contributed by atoms with E-state index in [1.807, 2.05) is 13.8 Å². The standard InChI is InChI=1S/C25H33Cl2N3O5S/c1-7-17(3)28-25(32)18(4)29(14-19-20(26)9-8-10-21(19)27)24(31)15-30(36(6,33)34)22-13-16(2)11-12-23(22)35-5/h8-13,17-18H,7,14-15H2,1-6H3,(H,28,32)/t17-,18-/m0/s1. The van der Waals surface area contributed by atoms with Gasteiger partial charge in [0, 0.05) is 28.2 Å². The lowest BCUT2D eigenvalue weighted by Gasteiger charge is -2.32. The Labute approximate surface area is 223 Å². The van der Waals surface area contributed by atoms with Gasteiger partial charge in [0.1, 0.15) is 18.3 Å². The number of ether oxygens (including phenoxy) is 1. The fourth-order valence-corrected chi connectivity index (χ4v) is 4.85. The summed E-state index contributed by atoms with van der Waals surface area (Å²) >= 11 is 12.7. The number of rotatable bonds is 11. The van der Waals surface area contributed by atoms with Crippen molar-refractivity contribution in [3.05, 3.63) is 57.6 Å². The minimum absolute atomic E-state index is 0.0883. The first-order valence-corrected chi connectivity index (χ1v) is 14.1. The van der Waals surface area contributed by atoms with Crippen LogP contribution in [0, 0.1) is 6.92 Å². The average Bonchev–Trinajstić information content (AvgIpc) is 2.80. The largest absolute Gasteiger partial charge is 0.495 e. The normalized spacial score (nSPS) is 13.0. The van der Waals surface area contributed by atoms with Gasteiger partial charge in [-0.25, -0.2) is 8.42 Å². The average molecular weight is 559 g/mol. The van der Waals surface area contributed by atoms with Crippen LogP contribution in [-0.4, -0.2) is 57.1 Å². The number of halogens is 2. The molecule has 11 heteroatoms. The third-order valence-corrected chi connectivity index (χ3v) is 7.68. The maximum absolute atomic E-state index is 13.7. The molecule has 0 aromatic heterocycles. The molecule has 0 bridgehead atoms. The molecule has 0 saturated carbocycles. The number of benzene rings is 2. The fraction of sp³-hybridized carbons (Fsp3) is 0.440. The molecule has 0 saturated heterocycles. The van der Waals surface area contributed by atoms with Crippen LogP contribution in [0.4, 0.5) is 5.69 Å². The first kappa shape index (κ1) is 29.7. The van der Waals surface area contributed by atoms with Gasteiger partial charge in [0.15, 0.2) is 0 Å². The van der Waals surface area contributed by atoms with Crippen molar-refractivity contribution in [3.8, 4) is 5.75 Å². The van der Waals surface area contributed by atoms with E-state index in [1.165, 1.54) is 12.0 Å². The molecule has 2 atom stereocenters. The number of carbonyl (C=O) groups excluding carboxylic acids is 2. The van der Waals surface area contributed by atoms with Crippen molar-refractivity contribution in [2.24, 2.45) is 0 Å². The summed E-state index contributed by atoms with van der Waals surface area (Å²) in [5, 5.41) is 3.53. The van der Waals surface area contributed by atoms with Crippen LogP contribution in [0.2, 0.25) is 10.0 Å². The minimum atomic E-state index is -3.90. The summed E-state index contributed by atoms with van der Waals surface area (Å²) < 4.78 is 31.9. The van der Waals surface area contributed by atoms with Crippen LogP contribution in [0.25, 0.3) is 0 Å². The van der Waals surface area contributed by atoms with E-state index >= 15 is 0 Å². The van der Waals surface area contributed by atoms with Gasteiger partial charge in [-0.15, -0.1) is 0 Å². The summed E-state index contributed by atoms with van der Waals surface area (Å²) in [5.74, 6) is -0.686. The number of nitrogens with zero attached hydrogens (tertiary/aromatic N) is 2. The van der Waals surface area contributed by atoms with Crippen LogP contribution in [0.15, 0.2) is 36.4 Å². The second-order valence-electron chi connectivity index (χ2n) is 8.66. The monoisotopic (exact) mass is 557 g/mol. The summed E-state index contributed by atoms with van der Waals surface area (Å²) in [6, 6.07) is 8.94. The zero-order chi connectivity index (χ0) is 27.2. The summed E-state index contributed by atoms with van der Waals surface area (Å²) in [4.78, 5) is 28.0. The number of methoxy groups -OCH3 is 1. The smallest absolute Gasteiger partial charge is 0.244 e. The Hall–Kier alpha value is -2.49. The number of hydrogen-bond acceptors (Lipinski definition) is 5. The van der Waals surface area contributed by atoms with Crippen molar-refractivity contribution in [3.63, 3.8) is 0 Å². The van der Waals surface area contributed by atoms with E-state index in [4.69, 9.17) is 27.9 Å².